The van der Waals surface area contributed by atoms with Crippen LogP contribution < -0.4 is 5.73 Å². The minimum Gasteiger partial charge on any atom is -0.444 e. The van der Waals surface area contributed by atoms with Crippen LogP contribution in [0.3, 0.4) is 0 Å². The number of fused-ring (bicyclic) bond motifs is 1. The van der Waals surface area contributed by atoms with E-state index in [4.69, 9.17) is 10.5 Å². The summed E-state index contributed by atoms with van der Waals surface area (Å²) >= 11 is 0. The largest absolute Gasteiger partial charge is 0.444 e. The van der Waals surface area contributed by atoms with Gasteiger partial charge in [-0.1, -0.05) is 0 Å². The molecule has 2 rings (SSSR count). The molecule has 0 radical (unpaired) electrons. The second kappa shape index (κ2) is 5.29. The summed E-state index contributed by atoms with van der Waals surface area (Å²) in [6.07, 6.45) is 0.847. The molecule has 2 saturated heterocycles. The number of likely N-dealkylation sites (tertiary alicyclic amines) is 2. The lowest BCUT2D eigenvalue weighted by molar-refractivity contribution is 0.0154. The van der Waals surface area contributed by atoms with E-state index in [0.717, 1.165) is 26.1 Å². The van der Waals surface area contributed by atoms with Crippen LogP contribution in [-0.4, -0.2) is 60.8 Å². The van der Waals surface area contributed by atoms with Crippen molar-refractivity contribution in [2.75, 3.05) is 33.2 Å². The molecule has 2 aliphatic rings. The molecule has 3 atom stereocenters. The Hall–Kier alpha value is -0.810. The lowest BCUT2D eigenvalue weighted by Crippen LogP contribution is -2.48. The molecule has 110 valence electrons. The summed E-state index contributed by atoms with van der Waals surface area (Å²) in [5, 5.41) is 0. The molecule has 0 saturated carbocycles. The summed E-state index contributed by atoms with van der Waals surface area (Å²) in [7, 11) is 2.14. The Morgan fingerprint density at radius 3 is 2.63 bits per heavy atom. The van der Waals surface area contributed by atoms with Gasteiger partial charge >= 0.3 is 6.09 Å². The Bertz CT molecular complexity index is 340. The fraction of sp³-hybridized carbons (Fsp3) is 0.929. The lowest BCUT2D eigenvalue weighted by Gasteiger charge is -2.37. The molecular weight excluding hydrogens is 242 g/mol. The molecule has 5 heteroatoms. The van der Waals surface area contributed by atoms with Gasteiger partial charge in [-0.05, 0) is 59.2 Å². The number of piperidine rings is 1. The van der Waals surface area contributed by atoms with Crippen molar-refractivity contribution >= 4 is 6.09 Å². The van der Waals surface area contributed by atoms with Gasteiger partial charge in [0, 0.05) is 19.1 Å². The molecule has 2 fully saturated rings. The van der Waals surface area contributed by atoms with E-state index in [1.807, 2.05) is 25.7 Å². The van der Waals surface area contributed by atoms with E-state index < -0.39 is 5.60 Å². The summed E-state index contributed by atoms with van der Waals surface area (Å²) in [5.74, 6) is 0.900. The third-order valence-corrected chi connectivity index (χ3v) is 4.19. The normalized spacial score (nSPS) is 32.3. The number of nitrogens with zero attached hydrogens (tertiary/aromatic N) is 2. The van der Waals surface area contributed by atoms with Gasteiger partial charge in [-0.25, -0.2) is 4.79 Å². The predicted molar refractivity (Wildman–Crippen MR) is 74.9 cm³/mol. The zero-order valence-corrected chi connectivity index (χ0v) is 12.6. The number of nitrogens with two attached hydrogens (primary N) is 1. The van der Waals surface area contributed by atoms with Gasteiger partial charge < -0.3 is 20.3 Å². The number of amides is 1. The van der Waals surface area contributed by atoms with Gasteiger partial charge in [-0.2, -0.15) is 0 Å². The topological polar surface area (TPSA) is 58.8 Å². The number of carbonyl (C=O) groups excluding carboxylic acids is 1. The van der Waals surface area contributed by atoms with Crippen LogP contribution in [0.4, 0.5) is 4.79 Å². The van der Waals surface area contributed by atoms with Crippen LogP contribution in [0.5, 0.6) is 0 Å². The van der Waals surface area contributed by atoms with Crippen molar-refractivity contribution in [2.24, 2.45) is 17.6 Å². The van der Waals surface area contributed by atoms with E-state index in [0.29, 0.717) is 24.4 Å². The first kappa shape index (κ1) is 14.6. The first-order chi connectivity index (χ1) is 8.81. The highest BCUT2D eigenvalue weighted by Gasteiger charge is 2.46. The Kier molecular flexibility index (Phi) is 4.06. The summed E-state index contributed by atoms with van der Waals surface area (Å²) in [6.45, 7) is 9.20. The Morgan fingerprint density at radius 1 is 1.37 bits per heavy atom. The fourth-order valence-electron chi connectivity index (χ4n) is 3.29. The number of rotatable bonds is 1. The molecule has 0 aromatic rings. The highest BCUT2D eigenvalue weighted by Crippen LogP contribution is 2.35. The number of carbonyl (C=O) groups is 1. The zero-order valence-electron chi connectivity index (χ0n) is 12.6. The zero-order chi connectivity index (χ0) is 14.2. The van der Waals surface area contributed by atoms with Gasteiger partial charge in [0.25, 0.3) is 0 Å². The summed E-state index contributed by atoms with van der Waals surface area (Å²) in [6, 6.07) is 0.305. The van der Waals surface area contributed by atoms with Crippen LogP contribution in [0.15, 0.2) is 0 Å². The first-order valence-electron chi connectivity index (χ1n) is 7.20. The van der Waals surface area contributed by atoms with Crippen LogP contribution in [0.25, 0.3) is 0 Å². The van der Waals surface area contributed by atoms with Crippen LogP contribution in [0, 0.1) is 11.8 Å². The molecule has 0 aromatic heterocycles. The van der Waals surface area contributed by atoms with E-state index in [1.54, 1.807) is 0 Å². The molecule has 0 aliphatic carbocycles. The second-order valence-corrected chi connectivity index (χ2v) is 6.91. The minimum atomic E-state index is -0.432. The van der Waals surface area contributed by atoms with Crippen molar-refractivity contribution in [3.8, 4) is 0 Å². The Morgan fingerprint density at radius 2 is 2.05 bits per heavy atom. The molecule has 3 unspecified atom stereocenters. The highest BCUT2D eigenvalue weighted by atomic mass is 16.6. The van der Waals surface area contributed by atoms with E-state index in [2.05, 4.69) is 11.9 Å². The van der Waals surface area contributed by atoms with Crippen molar-refractivity contribution < 1.29 is 9.53 Å². The lowest BCUT2D eigenvalue weighted by atomic mass is 9.86. The van der Waals surface area contributed by atoms with Gasteiger partial charge in [0.15, 0.2) is 0 Å². The third kappa shape index (κ3) is 3.20. The SMILES string of the molecule is CN1CCC2C(C1)C(CN)CN2C(=O)OC(C)(C)C. The fourth-order valence-corrected chi connectivity index (χ4v) is 3.29. The minimum absolute atomic E-state index is 0.178. The van der Waals surface area contributed by atoms with Gasteiger partial charge in [0.1, 0.15) is 5.60 Å². The van der Waals surface area contributed by atoms with Crippen LogP contribution in [-0.2, 0) is 4.74 Å². The highest BCUT2D eigenvalue weighted by molar-refractivity contribution is 5.69. The average molecular weight is 269 g/mol. The molecule has 0 bridgehead atoms. The van der Waals surface area contributed by atoms with Crippen LogP contribution in [0.2, 0.25) is 0 Å². The molecule has 5 nitrogen and oxygen atoms in total. The number of hydrogen-bond donors (Lipinski definition) is 1. The molecule has 0 aromatic carbocycles. The molecule has 19 heavy (non-hydrogen) atoms. The third-order valence-electron chi connectivity index (χ3n) is 4.19. The van der Waals surface area contributed by atoms with Crippen molar-refractivity contribution in [1.82, 2.24) is 9.80 Å². The average Bonchev–Trinajstić information content (AvgIpc) is 2.64. The smallest absolute Gasteiger partial charge is 0.410 e. The van der Waals surface area contributed by atoms with E-state index in [9.17, 15) is 4.79 Å². The number of hydrogen-bond acceptors (Lipinski definition) is 4. The van der Waals surface area contributed by atoms with Gasteiger partial charge in [0.05, 0.1) is 0 Å². The maximum Gasteiger partial charge on any atom is 0.410 e. The molecule has 2 aliphatic heterocycles. The van der Waals surface area contributed by atoms with Crippen molar-refractivity contribution in [3.63, 3.8) is 0 Å². The van der Waals surface area contributed by atoms with Crippen LogP contribution in [0.1, 0.15) is 27.2 Å². The van der Waals surface area contributed by atoms with Crippen molar-refractivity contribution in [3.05, 3.63) is 0 Å². The molecule has 2 N–H and O–H groups in total. The van der Waals surface area contributed by atoms with Gasteiger partial charge in [0.2, 0.25) is 0 Å². The summed E-state index contributed by atoms with van der Waals surface area (Å²) in [5.41, 5.74) is 5.45. The number of ether oxygens (including phenoxy) is 1. The molecule has 1 amide bonds. The van der Waals surface area contributed by atoms with Gasteiger partial charge in [-0.15, -0.1) is 0 Å². The predicted octanol–water partition coefficient (Wildman–Crippen LogP) is 1.13. The molecular formula is C14H27N3O2. The van der Waals surface area contributed by atoms with Crippen molar-refractivity contribution in [2.45, 2.75) is 38.8 Å². The maximum absolute atomic E-state index is 12.3. The maximum atomic E-state index is 12.3. The molecule has 0 spiro atoms. The molecule has 2 heterocycles. The second-order valence-electron chi connectivity index (χ2n) is 6.91. The Balaban J connectivity index is 2.08. The van der Waals surface area contributed by atoms with E-state index in [1.165, 1.54) is 0 Å². The van der Waals surface area contributed by atoms with E-state index in [-0.39, 0.29) is 6.09 Å². The summed E-state index contributed by atoms with van der Waals surface area (Å²) in [4.78, 5) is 16.6. The standard InChI is InChI=1S/C14H27N3O2/c1-14(2,3)19-13(18)17-8-10(7-15)11-9-16(4)6-5-12(11)17/h10-12H,5-9,15H2,1-4H3. The van der Waals surface area contributed by atoms with E-state index >= 15 is 0 Å². The van der Waals surface area contributed by atoms with Crippen molar-refractivity contribution in [1.29, 1.82) is 0 Å². The quantitative estimate of drug-likeness (QED) is 0.775. The first-order valence-corrected chi connectivity index (χ1v) is 7.20. The van der Waals surface area contributed by atoms with Crippen LogP contribution >= 0.6 is 0 Å². The summed E-state index contributed by atoms with van der Waals surface area (Å²) < 4.78 is 5.52. The monoisotopic (exact) mass is 269 g/mol. The van der Waals surface area contributed by atoms with Gasteiger partial charge in [-0.3, -0.25) is 0 Å². The Labute approximate surface area is 116 Å².